The normalized spacial score (nSPS) is 10.7. The summed E-state index contributed by atoms with van der Waals surface area (Å²) in [6.07, 6.45) is -4.42. The van der Waals surface area contributed by atoms with E-state index in [0.29, 0.717) is 0 Å². The van der Waals surface area contributed by atoms with Crippen molar-refractivity contribution in [3.8, 4) is 6.07 Å². The quantitative estimate of drug-likeness (QED) is 0.514. The fourth-order valence-electron chi connectivity index (χ4n) is 0.875. The molecule has 0 aliphatic heterocycles. The van der Waals surface area contributed by atoms with Gasteiger partial charge in [0.15, 0.2) is 0 Å². The summed E-state index contributed by atoms with van der Waals surface area (Å²) >= 11 is 0. The lowest BCUT2D eigenvalue weighted by Gasteiger charge is -2.05. The molecule has 0 aliphatic carbocycles. The number of carbonyl (C=O) groups excluding carboxylic acids is 1. The van der Waals surface area contributed by atoms with Gasteiger partial charge < -0.3 is 0 Å². The van der Waals surface area contributed by atoms with Crippen LogP contribution in [-0.2, 0) is 6.18 Å². The zero-order valence-corrected chi connectivity index (χ0v) is 6.80. The summed E-state index contributed by atoms with van der Waals surface area (Å²) in [5.74, 6) is -0.848. The molecule has 1 aromatic rings. The average Bonchev–Trinajstić information content (AvgIpc) is 2.15. The molecule has 2 nitrogen and oxygen atoms in total. The summed E-state index contributed by atoms with van der Waals surface area (Å²) in [6, 6.07) is 4.82. The van der Waals surface area contributed by atoms with E-state index in [2.05, 4.69) is 0 Å². The van der Waals surface area contributed by atoms with Crippen LogP contribution in [0, 0.1) is 11.3 Å². The van der Waals surface area contributed by atoms with Crippen molar-refractivity contribution in [3.63, 3.8) is 0 Å². The molecule has 0 spiro atoms. The fraction of sp³-hybridized carbons (Fsp3) is 0.111. The van der Waals surface area contributed by atoms with E-state index < -0.39 is 17.5 Å². The molecule has 0 unspecified atom stereocenters. The lowest BCUT2D eigenvalue weighted by Crippen LogP contribution is -2.05. The van der Waals surface area contributed by atoms with Crippen LogP contribution in [-0.4, -0.2) is 5.78 Å². The second-order valence-electron chi connectivity index (χ2n) is 2.52. The molecule has 0 atom stereocenters. The fourth-order valence-corrected chi connectivity index (χ4v) is 0.875. The smallest absolute Gasteiger partial charge is 0.277 e. The van der Waals surface area contributed by atoms with Crippen LogP contribution in [0.4, 0.5) is 13.2 Å². The van der Waals surface area contributed by atoms with E-state index in [1.54, 1.807) is 0 Å². The van der Waals surface area contributed by atoms with E-state index in [9.17, 15) is 18.0 Å². The molecular weight excluding hydrogens is 195 g/mol. The molecule has 0 saturated carbocycles. The van der Waals surface area contributed by atoms with Crippen LogP contribution < -0.4 is 0 Å². The Kier molecular flexibility index (Phi) is 2.56. The van der Waals surface area contributed by atoms with Crippen LogP contribution in [0.2, 0.25) is 0 Å². The SMILES string of the molecule is N#CC(=O)c1ccc(C(F)(F)F)cc1. The topological polar surface area (TPSA) is 40.9 Å². The van der Waals surface area contributed by atoms with Crippen LogP contribution >= 0.6 is 0 Å². The van der Waals surface area contributed by atoms with E-state index in [0.717, 1.165) is 24.3 Å². The van der Waals surface area contributed by atoms with Gasteiger partial charge in [-0.15, -0.1) is 0 Å². The van der Waals surface area contributed by atoms with Gasteiger partial charge in [-0.3, -0.25) is 4.79 Å². The minimum atomic E-state index is -4.42. The highest BCUT2D eigenvalue weighted by molar-refractivity contribution is 6.07. The number of halogens is 3. The zero-order valence-electron chi connectivity index (χ0n) is 6.80. The van der Waals surface area contributed by atoms with Crippen LogP contribution in [0.5, 0.6) is 0 Å². The Morgan fingerprint density at radius 3 is 2.07 bits per heavy atom. The molecule has 0 heterocycles. The standard InChI is InChI=1S/C9H4F3NO/c10-9(11,12)7-3-1-6(2-4-7)8(14)5-13/h1-4H. The number of ketones is 1. The minimum Gasteiger partial charge on any atom is -0.277 e. The molecule has 0 N–H and O–H groups in total. The summed E-state index contributed by atoms with van der Waals surface area (Å²) < 4.78 is 36.2. The highest BCUT2D eigenvalue weighted by Crippen LogP contribution is 2.28. The lowest BCUT2D eigenvalue weighted by atomic mass is 10.1. The Bertz CT molecular complexity index is 386. The summed E-state index contributed by atoms with van der Waals surface area (Å²) in [5.41, 5.74) is -0.882. The average molecular weight is 199 g/mol. The van der Waals surface area contributed by atoms with Crippen molar-refractivity contribution in [1.29, 1.82) is 5.26 Å². The number of alkyl halides is 3. The first-order valence-corrected chi connectivity index (χ1v) is 3.57. The van der Waals surface area contributed by atoms with Gasteiger partial charge in [0.25, 0.3) is 5.78 Å². The predicted molar refractivity (Wildman–Crippen MR) is 41.4 cm³/mol. The lowest BCUT2D eigenvalue weighted by molar-refractivity contribution is -0.137. The Morgan fingerprint density at radius 2 is 1.71 bits per heavy atom. The minimum absolute atomic E-state index is 0.0412. The summed E-state index contributed by atoms with van der Waals surface area (Å²) in [4.78, 5) is 10.7. The monoisotopic (exact) mass is 199 g/mol. The maximum absolute atomic E-state index is 12.1. The number of hydrogen-bond donors (Lipinski definition) is 0. The highest BCUT2D eigenvalue weighted by Gasteiger charge is 2.30. The van der Waals surface area contributed by atoms with Crippen molar-refractivity contribution >= 4 is 5.78 Å². The molecule has 0 fully saturated rings. The number of nitriles is 1. The van der Waals surface area contributed by atoms with Gasteiger partial charge in [-0.25, -0.2) is 0 Å². The number of nitrogens with zero attached hydrogens (tertiary/aromatic N) is 1. The number of benzene rings is 1. The predicted octanol–water partition coefficient (Wildman–Crippen LogP) is 2.41. The summed E-state index contributed by atoms with van der Waals surface area (Å²) in [7, 11) is 0. The van der Waals surface area contributed by atoms with Crippen molar-refractivity contribution in [3.05, 3.63) is 35.4 Å². The molecule has 0 aromatic heterocycles. The second kappa shape index (κ2) is 3.50. The summed E-state index contributed by atoms with van der Waals surface area (Å²) in [6.45, 7) is 0. The highest BCUT2D eigenvalue weighted by atomic mass is 19.4. The molecule has 14 heavy (non-hydrogen) atoms. The van der Waals surface area contributed by atoms with Gasteiger partial charge in [0.05, 0.1) is 5.56 Å². The van der Waals surface area contributed by atoms with E-state index in [-0.39, 0.29) is 5.56 Å². The van der Waals surface area contributed by atoms with Crippen molar-refractivity contribution in [1.82, 2.24) is 0 Å². The zero-order chi connectivity index (χ0) is 10.8. The number of hydrogen-bond acceptors (Lipinski definition) is 2. The van der Waals surface area contributed by atoms with Gasteiger partial charge >= 0.3 is 6.18 Å². The van der Waals surface area contributed by atoms with Crippen LogP contribution in [0.25, 0.3) is 0 Å². The summed E-state index contributed by atoms with van der Waals surface area (Å²) in [5, 5.41) is 8.20. The molecule has 0 amide bonds. The van der Waals surface area contributed by atoms with E-state index in [4.69, 9.17) is 5.26 Å². The Balaban J connectivity index is 3.02. The molecule has 1 aromatic carbocycles. The molecule has 1 rings (SSSR count). The molecule has 0 saturated heterocycles. The van der Waals surface area contributed by atoms with Crippen LogP contribution in [0.15, 0.2) is 24.3 Å². The van der Waals surface area contributed by atoms with Gasteiger partial charge in [-0.05, 0) is 24.3 Å². The number of rotatable bonds is 1. The van der Waals surface area contributed by atoms with E-state index in [1.807, 2.05) is 0 Å². The molecule has 5 heteroatoms. The largest absolute Gasteiger partial charge is 0.416 e. The molecule has 72 valence electrons. The Labute approximate surface area is 77.6 Å². The maximum atomic E-state index is 12.1. The molecule has 0 aliphatic rings. The van der Waals surface area contributed by atoms with Gasteiger partial charge in [0.1, 0.15) is 6.07 Å². The van der Waals surface area contributed by atoms with Crippen LogP contribution in [0.3, 0.4) is 0 Å². The second-order valence-corrected chi connectivity index (χ2v) is 2.52. The Morgan fingerprint density at radius 1 is 1.21 bits per heavy atom. The number of carbonyl (C=O) groups is 1. The van der Waals surface area contributed by atoms with Crippen molar-refractivity contribution < 1.29 is 18.0 Å². The maximum Gasteiger partial charge on any atom is 0.416 e. The van der Waals surface area contributed by atoms with Gasteiger partial charge in [-0.2, -0.15) is 18.4 Å². The van der Waals surface area contributed by atoms with E-state index >= 15 is 0 Å². The first-order chi connectivity index (χ1) is 6.45. The third-order valence-corrected chi connectivity index (χ3v) is 1.58. The number of Topliss-reactive ketones (excluding diaryl/α,β-unsaturated/α-hetero) is 1. The van der Waals surface area contributed by atoms with Gasteiger partial charge in [-0.1, -0.05) is 0 Å². The molecule has 0 radical (unpaired) electrons. The third kappa shape index (κ3) is 2.10. The molecule has 0 bridgehead atoms. The van der Waals surface area contributed by atoms with Crippen molar-refractivity contribution in [2.45, 2.75) is 6.18 Å². The van der Waals surface area contributed by atoms with Gasteiger partial charge in [0.2, 0.25) is 0 Å². The van der Waals surface area contributed by atoms with E-state index in [1.165, 1.54) is 6.07 Å². The third-order valence-electron chi connectivity index (χ3n) is 1.58. The first kappa shape index (κ1) is 10.3. The Hall–Kier alpha value is -1.83. The van der Waals surface area contributed by atoms with Crippen molar-refractivity contribution in [2.75, 3.05) is 0 Å². The van der Waals surface area contributed by atoms with Crippen molar-refractivity contribution in [2.24, 2.45) is 0 Å². The first-order valence-electron chi connectivity index (χ1n) is 3.57. The van der Waals surface area contributed by atoms with Gasteiger partial charge in [0, 0.05) is 5.56 Å². The molecular formula is C9H4F3NO. The van der Waals surface area contributed by atoms with Crippen LogP contribution in [0.1, 0.15) is 15.9 Å².